The van der Waals surface area contributed by atoms with Crippen molar-refractivity contribution in [3.8, 4) is 6.07 Å². The monoisotopic (exact) mass is 385 g/mol. The standard InChI is InChI=1S/C21H19N7O/c22-14-16-4-6-17(7-5-16)21(29)28-11-9-27(10-12-28)20-13-19(24-15-25-20)26-18-3-1-2-8-23-18/h1-8,13,15H,9-12H2,(H,23,24,25,26). The summed E-state index contributed by atoms with van der Waals surface area (Å²) in [5, 5.41) is 12.1. The molecule has 0 bridgehead atoms. The zero-order chi connectivity index (χ0) is 20.1. The molecular weight excluding hydrogens is 366 g/mol. The highest BCUT2D eigenvalue weighted by molar-refractivity contribution is 5.94. The molecule has 1 amide bonds. The average Bonchev–Trinajstić information content (AvgIpc) is 2.80. The third kappa shape index (κ3) is 4.30. The second kappa shape index (κ2) is 8.35. The number of benzene rings is 1. The second-order valence-electron chi connectivity index (χ2n) is 6.57. The highest BCUT2D eigenvalue weighted by Crippen LogP contribution is 2.19. The van der Waals surface area contributed by atoms with Crippen LogP contribution >= 0.6 is 0 Å². The molecule has 8 heteroatoms. The SMILES string of the molecule is N#Cc1ccc(C(=O)N2CCN(c3cc(Nc4ccccn4)ncn3)CC2)cc1. The van der Waals surface area contributed by atoms with Gasteiger partial charge in [0.15, 0.2) is 0 Å². The van der Waals surface area contributed by atoms with E-state index in [9.17, 15) is 4.79 Å². The number of piperazine rings is 1. The van der Waals surface area contributed by atoms with Gasteiger partial charge in [0.1, 0.15) is 23.8 Å². The van der Waals surface area contributed by atoms with Crippen molar-refractivity contribution in [2.75, 3.05) is 36.4 Å². The number of aromatic nitrogens is 3. The van der Waals surface area contributed by atoms with Crippen LogP contribution in [0.5, 0.6) is 0 Å². The van der Waals surface area contributed by atoms with E-state index in [4.69, 9.17) is 5.26 Å². The van der Waals surface area contributed by atoms with Crippen LogP contribution in [0.3, 0.4) is 0 Å². The van der Waals surface area contributed by atoms with Crippen molar-refractivity contribution in [3.05, 3.63) is 72.2 Å². The summed E-state index contributed by atoms with van der Waals surface area (Å²) in [5.74, 6) is 2.18. The Morgan fingerprint density at radius 1 is 0.966 bits per heavy atom. The van der Waals surface area contributed by atoms with Gasteiger partial charge in [-0.3, -0.25) is 4.79 Å². The average molecular weight is 385 g/mol. The van der Waals surface area contributed by atoms with Gasteiger partial charge in [-0.1, -0.05) is 6.07 Å². The number of amides is 1. The van der Waals surface area contributed by atoms with Crippen LogP contribution in [0.2, 0.25) is 0 Å². The van der Waals surface area contributed by atoms with Crippen LogP contribution in [0, 0.1) is 11.3 Å². The lowest BCUT2D eigenvalue weighted by Crippen LogP contribution is -2.49. The summed E-state index contributed by atoms with van der Waals surface area (Å²) < 4.78 is 0. The van der Waals surface area contributed by atoms with Crippen molar-refractivity contribution in [1.82, 2.24) is 19.9 Å². The van der Waals surface area contributed by atoms with E-state index in [0.29, 0.717) is 43.1 Å². The number of anilines is 3. The van der Waals surface area contributed by atoms with Crippen molar-refractivity contribution in [1.29, 1.82) is 5.26 Å². The smallest absolute Gasteiger partial charge is 0.253 e. The Kier molecular flexibility index (Phi) is 5.29. The molecule has 0 unspecified atom stereocenters. The number of nitrogens with one attached hydrogen (secondary N) is 1. The molecule has 1 N–H and O–H groups in total. The first kappa shape index (κ1) is 18.4. The van der Waals surface area contributed by atoms with Gasteiger partial charge < -0.3 is 15.1 Å². The molecule has 0 aliphatic carbocycles. The lowest BCUT2D eigenvalue weighted by Gasteiger charge is -2.35. The van der Waals surface area contributed by atoms with Crippen LogP contribution in [0.15, 0.2) is 61.1 Å². The summed E-state index contributed by atoms with van der Waals surface area (Å²) >= 11 is 0. The largest absolute Gasteiger partial charge is 0.353 e. The maximum Gasteiger partial charge on any atom is 0.253 e. The van der Waals surface area contributed by atoms with Crippen molar-refractivity contribution in [2.45, 2.75) is 0 Å². The Morgan fingerprint density at radius 2 is 1.76 bits per heavy atom. The fourth-order valence-corrected chi connectivity index (χ4v) is 3.16. The molecule has 0 atom stereocenters. The number of hydrogen-bond donors (Lipinski definition) is 1. The van der Waals surface area contributed by atoms with Gasteiger partial charge in [-0.2, -0.15) is 5.26 Å². The molecule has 1 fully saturated rings. The minimum Gasteiger partial charge on any atom is -0.353 e. The molecule has 8 nitrogen and oxygen atoms in total. The predicted octanol–water partition coefficient (Wildman–Crippen LogP) is 2.45. The first-order chi connectivity index (χ1) is 14.2. The normalized spacial score (nSPS) is 13.6. The van der Waals surface area contributed by atoms with Crippen LogP contribution < -0.4 is 10.2 Å². The minimum atomic E-state index is -0.0191. The molecule has 29 heavy (non-hydrogen) atoms. The first-order valence-corrected chi connectivity index (χ1v) is 9.27. The second-order valence-corrected chi connectivity index (χ2v) is 6.57. The van der Waals surface area contributed by atoms with E-state index in [1.54, 1.807) is 30.5 Å². The van der Waals surface area contributed by atoms with E-state index in [2.05, 4.69) is 31.2 Å². The molecule has 4 rings (SSSR count). The minimum absolute atomic E-state index is 0.0191. The van der Waals surface area contributed by atoms with Crippen LogP contribution in [-0.2, 0) is 0 Å². The molecule has 1 aliphatic rings. The molecular formula is C21H19N7O. The zero-order valence-electron chi connectivity index (χ0n) is 15.7. The number of hydrogen-bond acceptors (Lipinski definition) is 7. The van der Waals surface area contributed by atoms with Gasteiger partial charge >= 0.3 is 0 Å². The molecule has 2 aromatic heterocycles. The number of nitriles is 1. The van der Waals surface area contributed by atoms with E-state index < -0.39 is 0 Å². The van der Waals surface area contributed by atoms with Gasteiger partial charge in [0.05, 0.1) is 11.6 Å². The Labute approximate surface area is 168 Å². The number of pyridine rings is 1. The summed E-state index contributed by atoms with van der Waals surface area (Å²) in [6.45, 7) is 2.57. The number of carbonyl (C=O) groups is 1. The van der Waals surface area contributed by atoms with Crippen molar-refractivity contribution in [3.63, 3.8) is 0 Å². The fraction of sp³-hybridized carbons (Fsp3) is 0.190. The van der Waals surface area contributed by atoms with E-state index in [1.165, 1.54) is 6.33 Å². The van der Waals surface area contributed by atoms with Crippen molar-refractivity contribution < 1.29 is 4.79 Å². The Hall–Kier alpha value is -3.99. The molecule has 3 aromatic rings. The Bertz CT molecular complexity index is 1020. The predicted molar refractivity (Wildman–Crippen MR) is 109 cm³/mol. The molecule has 0 spiro atoms. The van der Waals surface area contributed by atoms with Gasteiger partial charge in [0.2, 0.25) is 0 Å². The van der Waals surface area contributed by atoms with Gasteiger partial charge in [-0.25, -0.2) is 15.0 Å². The molecule has 0 saturated carbocycles. The van der Waals surface area contributed by atoms with Gasteiger partial charge in [0, 0.05) is 44.0 Å². The molecule has 1 aromatic carbocycles. The number of carbonyl (C=O) groups excluding carboxylic acids is 1. The fourth-order valence-electron chi connectivity index (χ4n) is 3.16. The van der Waals surface area contributed by atoms with Crippen molar-refractivity contribution in [2.24, 2.45) is 0 Å². The number of rotatable bonds is 4. The van der Waals surface area contributed by atoms with Gasteiger partial charge in [-0.05, 0) is 36.4 Å². The maximum atomic E-state index is 12.7. The maximum absolute atomic E-state index is 12.7. The summed E-state index contributed by atoms with van der Waals surface area (Å²) in [6.07, 6.45) is 3.24. The Morgan fingerprint density at radius 3 is 2.45 bits per heavy atom. The lowest BCUT2D eigenvalue weighted by molar-refractivity contribution is 0.0746. The van der Waals surface area contributed by atoms with Crippen LogP contribution in [0.25, 0.3) is 0 Å². The van der Waals surface area contributed by atoms with E-state index >= 15 is 0 Å². The molecule has 1 saturated heterocycles. The van der Waals surface area contributed by atoms with Crippen LogP contribution in [-0.4, -0.2) is 51.9 Å². The summed E-state index contributed by atoms with van der Waals surface area (Å²) in [6, 6.07) is 16.3. The third-order valence-corrected chi connectivity index (χ3v) is 4.73. The van der Waals surface area contributed by atoms with Crippen LogP contribution in [0.4, 0.5) is 17.5 Å². The molecule has 0 radical (unpaired) electrons. The number of nitrogens with zero attached hydrogens (tertiary/aromatic N) is 6. The molecule has 144 valence electrons. The summed E-state index contributed by atoms with van der Waals surface area (Å²) in [4.78, 5) is 29.5. The van der Waals surface area contributed by atoms with Crippen molar-refractivity contribution >= 4 is 23.4 Å². The third-order valence-electron chi connectivity index (χ3n) is 4.73. The molecule has 3 heterocycles. The summed E-state index contributed by atoms with van der Waals surface area (Å²) in [5.41, 5.74) is 1.14. The highest BCUT2D eigenvalue weighted by Gasteiger charge is 2.23. The van der Waals surface area contributed by atoms with Crippen LogP contribution in [0.1, 0.15) is 15.9 Å². The topological polar surface area (TPSA) is 98.0 Å². The quantitative estimate of drug-likeness (QED) is 0.736. The van der Waals surface area contributed by atoms with E-state index in [0.717, 1.165) is 11.6 Å². The zero-order valence-corrected chi connectivity index (χ0v) is 15.7. The van der Waals surface area contributed by atoms with E-state index in [1.807, 2.05) is 29.2 Å². The molecule has 1 aliphatic heterocycles. The first-order valence-electron chi connectivity index (χ1n) is 9.27. The van der Waals surface area contributed by atoms with Gasteiger partial charge in [0.25, 0.3) is 5.91 Å². The summed E-state index contributed by atoms with van der Waals surface area (Å²) in [7, 11) is 0. The lowest BCUT2D eigenvalue weighted by atomic mass is 10.1. The highest BCUT2D eigenvalue weighted by atomic mass is 16.2. The Balaban J connectivity index is 1.38. The van der Waals surface area contributed by atoms with E-state index in [-0.39, 0.29) is 5.91 Å². The van der Waals surface area contributed by atoms with Gasteiger partial charge in [-0.15, -0.1) is 0 Å².